The number of amides is 2. The summed E-state index contributed by atoms with van der Waals surface area (Å²) >= 11 is 1.36. The second kappa shape index (κ2) is 6.52. The molecule has 0 aliphatic carbocycles. The maximum Gasteiger partial charge on any atom is 0.251 e. The number of primary amides is 1. The predicted octanol–water partition coefficient (Wildman–Crippen LogP) is 2.88. The third-order valence-corrected chi connectivity index (χ3v) is 4.96. The summed E-state index contributed by atoms with van der Waals surface area (Å²) in [4.78, 5) is 24.9. The molecule has 1 aliphatic heterocycles. The van der Waals surface area contributed by atoms with Crippen molar-refractivity contribution in [3.05, 3.63) is 42.0 Å². The first kappa shape index (κ1) is 15.7. The van der Waals surface area contributed by atoms with Gasteiger partial charge >= 0.3 is 0 Å². The van der Waals surface area contributed by atoms with Gasteiger partial charge in [-0.1, -0.05) is 30.3 Å². The Balaban J connectivity index is 1.85. The zero-order valence-corrected chi connectivity index (χ0v) is 13.6. The van der Waals surface area contributed by atoms with Crippen LogP contribution in [0, 0.1) is 5.92 Å². The van der Waals surface area contributed by atoms with Gasteiger partial charge in [0.2, 0.25) is 5.91 Å². The first-order chi connectivity index (χ1) is 11.0. The topological polar surface area (TPSA) is 81.4 Å². The van der Waals surface area contributed by atoms with Crippen molar-refractivity contribution in [3.8, 4) is 10.4 Å². The molecule has 1 aliphatic rings. The number of nitrogens with two attached hydrogens (primary N) is 1. The maximum absolute atomic E-state index is 12.3. The minimum Gasteiger partial charge on any atom is -0.378 e. The molecule has 1 aromatic heterocycles. The normalized spacial score (nSPS) is 20.4. The van der Waals surface area contributed by atoms with Crippen LogP contribution in [0.5, 0.6) is 0 Å². The maximum atomic E-state index is 12.3. The highest BCUT2D eigenvalue weighted by molar-refractivity contribution is 7.20. The number of rotatable bonds is 4. The van der Waals surface area contributed by atoms with Crippen molar-refractivity contribution in [3.63, 3.8) is 0 Å². The van der Waals surface area contributed by atoms with Gasteiger partial charge in [-0.3, -0.25) is 9.59 Å². The van der Waals surface area contributed by atoms with Crippen molar-refractivity contribution < 1.29 is 14.3 Å². The Morgan fingerprint density at radius 3 is 2.65 bits per heavy atom. The Kier molecular flexibility index (Phi) is 4.45. The van der Waals surface area contributed by atoms with E-state index in [1.165, 1.54) is 11.3 Å². The molecule has 3 N–H and O–H groups in total. The Morgan fingerprint density at radius 2 is 2.04 bits per heavy atom. The summed E-state index contributed by atoms with van der Waals surface area (Å²) in [7, 11) is 0. The summed E-state index contributed by atoms with van der Waals surface area (Å²) in [6.45, 7) is 2.36. The molecule has 3 rings (SSSR count). The molecule has 2 amide bonds. The van der Waals surface area contributed by atoms with E-state index >= 15 is 0 Å². The Bertz CT molecular complexity index is 727. The van der Waals surface area contributed by atoms with Gasteiger partial charge in [0.1, 0.15) is 5.00 Å². The number of hydrogen-bond acceptors (Lipinski definition) is 4. The summed E-state index contributed by atoms with van der Waals surface area (Å²) in [5, 5.41) is 3.34. The van der Waals surface area contributed by atoms with Gasteiger partial charge in [0.15, 0.2) is 0 Å². The molecule has 0 radical (unpaired) electrons. The molecule has 2 atom stereocenters. The summed E-state index contributed by atoms with van der Waals surface area (Å²) in [5.74, 6) is -0.860. The van der Waals surface area contributed by atoms with Crippen LogP contribution in [0.25, 0.3) is 10.4 Å². The molecule has 5 nitrogen and oxygen atoms in total. The van der Waals surface area contributed by atoms with Crippen LogP contribution < -0.4 is 11.1 Å². The third-order valence-electron chi connectivity index (χ3n) is 3.86. The van der Waals surface area contributed by atoms with Crippen molar-refractivity contribution >= 4 is 28.2 Å². The van der Waals surface area contributed by atoms with Gasteiger partial charge in [-0.2, -0.15) is 0 Å². The van der Waals surface area contributed by atoms with Crippen LogP contribution in [0.3, 0.4) is 0 Å². The molecule has 0 saturated carbocycles. The summed E-state index contributed by atoms with van der Waals surface area (Å²) < 4.78 is 5.43. The van der Waals surface area contributed by atoms with Crippen LogP contribution in [-0.2, 0) is 9.53 Å². The molecule has 0 spiro atoms. The highest BCUT2D eigenvalue weighted by Crippen LogP contribution is 2.35. The Hall–Kier alpha value is -2.18. The molecular weight excluding hydrogens is 312 g/mol. The van der Waals surface area contributed by atoms with Gasteiger partial charge < -0.3 is 15.8 Å². The number of ether oxygens (including phenoxy) is 1. The van der Waals surface area contributed by atoms with Crippen molar-refractivity contribution in [2.45, 2.75) is 19.4 Å². The van der Waals surface area contributed by atoms with E-state index < -0.39 is 5.91 Å². The number of thiophene rings is 1. The number of anilines is 1. The average Bonchev–Trinajstić information content (AvgIpc) is 3.15. The smallest absolute Gasteiger partial charge is 0.251 e. The summed E-state index contributed by atoms with van der Waals surface area (Å²) in [6, 6.07) is 11.4. The quantitative estimate of drug-likeness (QED) is 0.904. The molecular formula is C17H18N2O3S. The fourth-order valence-corrected chi connectivity index (χ4v) is 3.70. The van der Waals surface area contributed by atoms with E-state index in [0.717, 1.165) is 10.4 Å². The van der Waals surface area contributed by atoms with E-state index in [2.05, 4.69) is 5.32 Å². The molecule has 2 heterocycles. The fraction of sp³-hybridized carbons (Fsp3) is 0.294. The average molecular weight is 330 g/mol. The number of carbonyl (C=O) groups excluding carboxylic acids is 2. The van der Waals surface area contributed by atoms with Crippen LogP contribution in [0.15, 0.2) is 36.4 Å². The minimum atomic E-state index is -0.547. The second-order valence-corrected chi connectivity index (χ2v) is 6.70. The Labute approximate surface area is 138 Å². The van der Waals surface area contributed by atoms with Gasteiger partial charge in [-0.05, 0) is 25.0 Å². The highest BCUT2D eigenvalue weighted by Gasteiger charge is 2.29. The summed E-state index contributed by atoms with van der Waals surface area (Å²) in [6.07, 6.45) is 0.777. The fourth-order valence-electron chi connectivity index (χ4n) is 2.63. The highest BCUT2D eigenvalue weighted by atomic mass is 32.1. The van der Waals surface area contributed by atoms with Gasteiger partial charge in [0, 0.05) is 4.88 Å². The lowest BCUT2D eigenvalue weighted by Gasteiger charge is -2.08. The van der Waals surface area contributed by atoms with Gasteiger partial charge in [0.25, 0.3) is 5.91 Å². The van der Waals surface area contributed by atoms with E-state index in [1.807, 2.05) is 37.3 Å². The largest absolute Gasteiger partial charge is 0.378 e. The number of benzene rings is 1. The lowest BCUT2D eigenvalue weighted by molar-refractivity contribution is -0.119. The van der Waals surface area contributed by atoms with E-state index in [1.54, 1.807) is 6.07 Å². The van der Waals surface area contributed by atoms with Crippen LogP contribution in [0.1, 0.15) is 23.7 Å². The van der Waals surface area contributed by atoms with Gasteiger partial charge in [0.05, 0.1) is 24.2 Å². The molecule has 1 fully saturated rings. The lowest BCUT2D eigenvalue weighted by atomic mass is 10.1. The zero-order valence-electron chi connectivity index (χ0n) is 12.7. The molecule has 23 heavy (non-hydrogen) atoms. The van der Waals surface area contributed by atoms with E-state index in [0.29, 0.717) is 23.6 Å². The predicted molar refractivity (Wildman–Crippen MR) is 90.4 cm³/mol. The molecule has 6 heteroatoms. The van der Waals surface area contributed by atoms with Crippen molar-refractivity contribution in [2.75, 3.05) is 11.9 Å². The number of nitrogens with one attached hydrogen (secondary N) is 1. The molecule has 0 bridgehead atoms. The van der Waals surface area contributed by atoms with E-state index in [4.69, 9.17) is 10.5 Å². The lowest BCUT2D eigenvalue weighted by Crippen LogP contribution is -2.24. The summed E-state index contributed by atoms with van der Waals surface area (Å²) in [5.41, 5.74) is 6.78. The van der Waals surface area contributed by atoms with Crippen molar-refractivity contribution in [1.82, 2.24) is 0 Å². The monoisotopic (exact) mass is 330 g/mol. The van der Waals surface area contributed by atoms with Crippen LogP contribution >= 0.6 is 11.3 Å². The van der Waals surface area contributed by atoms with Crippen molar-refractivity contribution in [1.29, 1.82) is 0 Å². The molecule has 2 aromatic rings. The first-order valence-electron chi connectivity index (χ1n) is 7.46. The molecule has 1 aromatic carbocycles. The van der Waals surface area contributed by atoms with Crippen LogP contribution in [-0.4, -0.2) is 24.5 Å². The molecule has 0 unspecified atom stereocenters. The van der Waals surface area contributed by atoms with Crippen LogP contribution in [0.4, 0.5) is 5.00 Å². The van der Waals surface area contributed by atoms with Gasteiger partial charge in [-0.15, -0.1) is 11.3 Å². The van der Waals surface area contributed by atoms with E-state index in [9.17, 15) is 9.59 Å². The van der Waals surface area contributed by atoms with Crippen molar-refractivity contribution in [2.24, 2.45) is 11.7 Å². The second-order valence-electron chi connectivity index (χ2n) is 5.65. The van der Waals surface area contributed by atoms with Gasteiger partial charge in [-0.25, -0.2) is 0 Å². The number of hydrogen-bond donors (Lipinski definition) is 2. The first-order valence-corrected chi connectivity index (χ1v) is 8.27. The SMILES string of the molecule is C[C@@H]1C[C@@H](C(=O)Nc2sc(-c3ccccc3)cc2C(N)=O)CO1. The molecule has 1 saturated heterocycles. The zero-order chi connectivity index (χ0) is 16.4. The third kappa shape index (κ3) is 3.43. The minimum absolute atomic E-state index is 0.0876. The van der Waals surface area contributed by atoms with E-state index in [-0.39, 0.29) is 17.9 Å². The molecule has 120 valence electrons. The number of carbonyl (C=O) groups is 2. The Morgan fingerprint density at radius 1 is 1.30 bits per heavy atom. The van der Waals surface area contributed by atoms with Crippen LogP contribution in [0.2, 0.25) is 0 Å². The standard InChI is InChI=1S/C17H18N2O3S/c1-10-7-12(9-22-10)16(21)19-17-13(15(18)20)8-14(23-17)11-5-3-2-4-6-11/h2-6,8,10,12H,7,9H2,1H3,(H2,18,20)(H,19,21)/t10-,12-/m1/s1.